The fourth-order valence-electron chi connectivity index (χ4n) is 5.08. The van der Waals surface area contributed by atoms with Crippen molar-refractivity contribution < 1.29 is 16.8 Å². The van der Waals surface area contributed by atoms with Gasteiger partial charge in [-0.3, -0.25) is 0 Å². The third-order valence-electron chi connectivity index (χ3n) is 7.23. The van der Waals surface area contributed by atoms with Gasteiger partial charge < -0.3 is 16.8 Å². The number of hydrogen-bond donors (Lipinski definition) is 3. The first-order valence-corrected chi connectivity index (χ1v) is 16.1. The van der Waals surface area contributed by atoms with Crippen molar-refractivity contribution in [2.24, 2.45) is 0 Å². The summed E-state index contributed by atoms with van der Waals surface area (Å²) in [5.41, 5.74) is 14.1. The summed E-state index contributed by atoms with van der Waals surface area (Å²) in [6.45, 7) is 0.678. The molecule has 0 saturated carbocycles. The number of hydrogen-bond acceptors (Lipinski definition) is 7. The highest BCUT2D eigenvalue weighted by Gasteiger charge is 2.45. The molecule has 214 valence electrons. The normalized spacial score (nSPS) is 17.7. The van der Waals surface area contributed by atoms with Crippen molar-refractivity contribution in [1.29, 1.82) is 0 Å². The summed E-state index contributed by atoms with van der Waals surface area (Å²) >= 11 is 0. The van der Waals surface area contributed by atoms with Crippen molar-refractivity contribution in [2.45, 2.75) is 35.0 Å². The minimum atomic E-state index is -4.05. The molecule has 0 aliphatic carbocycles. The Hall–Kier alpha value is -3.74. The SMILES string of the molecule is Nc1ccc(S(=O)(=O)N(Cc2ccccc2)[C@H]2CNC[C@@H]2N(Cc2ccccc2)S(=O)(=O)c2ccc(N)cc2)cc1. The molecule has 1 aliphatic rings. The van der Waals surface area contributed by atoms with Gasteiger partial charge in [0.15, 0.2) is 0 Å². The molecule has 1 fully saturated rings. The van der Waals surface area contributed by atoms with E-state index in [9.17, 15) is 16.8 Å². The molecule has 11 heteroatoms. The van der Waals surface area contributed by atoms with Gasteiger partial charge in [-0.1, -0.05) is 60.7 Å². The first-order chi connectivity index (χ1) is 19.7. The zero-order chi connectivity index (χ0) is 29.0. The topological polar surface area (TPSA) is 139 Å². The van der Waals surface area contributed by atoms with E-state index in [2.05, 4.69) is 5.32 Å². The van der Waals surface area contributed by atoms with Crippen molar-refractivity contribution in [1.82, 2.24) is 13.9 Å². The Morgan fingerprint density at radius 1 is 0.561 bits per heavy atom. The third kappa shape index (κ3) is 6.29. The molecule has 0 bridgehead atoms. The highest BCUT2D eigenvalue weighted by Crippen LogP contribution is 2.31. The molecular formula is C30H33N5O4S2. The quantitative estimate of drug-likeness (QED) is 0.241. The van der Waals surface area contributed by atoms with Crippen LogP contribution >= 0.6 is 0 Å². The average molecular weight is 592 g/mol. The van der Waals surface area contributed by atoms with Crippen LogP contribution in [0.4, 0.5) is 11.4 Å². The molecule has 41 heavy (non-hydrogen) atoms. The second kappa shape index (κ2) is 12.0. The molecule has 1 heterocycles. The standard InChI is InChI=1S/C30H33N5O4S2/c31-25-11-15-27(16-12-25)40(36,37)34(21-23-7-3-1-4-8-23)29-19-33-20-30(29)35(22-24-9-5-2-6-10-24)41(38,39)28-17-13-26(32)14-18-28/h1-18,29-30,33H,19-22,31-32H2/t29-,30-/m0/s1. The van der Waals surface area contributed by atoms with E-state index in [-0.39, 0.29) is 36.0 Å². The minimum Gasteiger partial charge on any atom is -0.399 e. The maximum atomic E-state index is 14.2. The summed E-state index contributed by atoms with van der Waals surface area (Å²) in [4.78, 5) is 0.175. The highest BCUT2D eigenvalue weighted by molar-refractivity contribution is 7.89. The van der Waals surface area contributed by atoms with Gasteiger partial charge in [-0.15, -0.1) is 0 Å². The fourth-order valence-corrected chi connectivity index (χ4v) is 8.36. The van der Waals surface area contributed by atoms with Gasteiger partial charge in [-0.2, -0.15) is 8.61 Å². The van der Waals surface area contributed by atoms with Crippen molar-refractivity contribution in [3.05, 3.63) is 120 Å². The van der Waals surface area contributed by atoms with E-state index in [1.165, 1.54) is 32.9 Å². The summed E-state index contributed by atoms with van der Waals surface area (Å²) in [6, 6.07) is 29.2. The predicted octanol–water partition coefficient (Wildman–Crippen LogP) is 3.27. The molecular weight excluding hydrogens is 558 g/mol. The Morgan fingerprint density at radius 3 is 1.24 bits per heavy atom. The Balaban J connectivity index is 1.60. The van der Waals surface area contributed by atoms with Gasteiger partial charge >= 0.3 is 0 Å². The van der Waals surface area contributed by atoms with Gasteiger partial charge in [-0.25, -0.2) is 16.8 Å². The van der Waals surface area contributed by atoms with Crippen LogP contribution in [0.2, 0.25) is 0 Å². The highest BCUT2D eigenvalue weighted by atomic mass is 32.2. The van der Waals surface area contributed by atoms with E-state index < -0.39 is 32.1 Å². The molecule has 5 rings (SSSR count). The molecule has 0 unspecified atom stereocenters. The van der Waals surface area contributed by atoms with Crippen molar-refractivity contribution in [3.8, 4) is 0 Å². The van der Waals surface area contributed by atoms with E-state index in [1.54, 1.807) is 24.3 Å². The van der Waals surface area contributed by atoms with Gasteiger partial charge in [0, 0.05) is 37.6 Å². The molecule has 2 atom stereocenters. The van der Waals surface area contributed by atoms with Crippen LogP contribution in [0.25, 0.3) is 0 Å². The summed E-state index contributed by atoms with van der Waals surface area (Å²) in [5.74, 6) is 0. The van der Waals surface area contributed by atoms with Crippen molar-refractivity contribution >= 4 is 31.4 Å². The van der Waals surface area contributed by atoms with Gasteiger partial charge in [0.2, 0.25) is 20.0 Å². The van der Waals surface area contributed by atoms with Crippen LogP contribution in [0.3, 0.4) is 0 Å². The largest absolute Gasteiger partial charge is 0.399 e. The number of anilines is 2. The van der Waals surface area contributed by atoms with E-state index in [4.69, 9.17) is 11.5 Å². The summed E-state index contributed by atoms with van der Waals surface area (Å²) in [7, 11) is -8.11. The lowest BCUT2D eigenvalue weighted by Crippen LogP contribution is -2.54. The zero-order valence-corrected chi connectivity index (χ0v) is 24.0. The number of benzene rings is 4. The van der Waals surface area contributed by atoms with E-state index in [0.29, 0.717) is 11.4 Å². The van der Waals surface area contributed by atoms with Crippen LogP contribution < -0.4 is 16.8 Å². The van der Waals surface area contributed by atoms with Crippen molar-refractivity contribution in [3.63, 3.8) is 0 Å². The lowest BCUT2D eigenvalue weighted by molar-refractivity contribution is 0.219. The molecule has 0 radical (unpaired) electrons. The van der Waals surface area contributed by atoms with Crippen LogP contribution in [-0.4, -0.2) is 50.6 Å². The molecule has 0 aromatic heterocycles. The number of rotatable bonds is 10. The molecule has 9 nitrogen and oxygen atoms in total. The predicted molar refractivity (Wildman–Crippen MR) is 160 cm³/mol. The third-order valence-corrected chi connectivity index (χ3v) is 11.0. The maximum absolute atomic E-state index is 14.2. The summed E-state index contributed by atoms with van der Waals surface area (Å²) < 4.78 is 59.6. The monoisotopic (exact) mass is 591 g/mol. The van der Waals surface area contributed by atoms with Gasteiger partial charge in [-0.05, 0) is 59.7 Å². The fraction of sp³-hybridized carbons (Fsp3) is 0.200. The molecule has 1 aliphatic heterocycles. The molecule has 4 aromatic carbocycles. The van der Waals surface area contributed by atoms with Gasteiger partial charge in [0.25, 0.3) is 0 Å². The zero-order valence-electron chi connectivity index (χ0n) is 22.4. The van der Waals surface area contributed by atoms with E-state index in [0.717, 1.165) is 11.1 Å². The first-order valence-electron chi connectivity index (χ1n) is 13.2. The molecule has 4 aromatic rings. The Kier molecular flexibility index (Phi) is 8.43. The van der Waals surface area contributed by atoms with Crippen LogP contribution in [0.15, 0.2) is 119 Å². The molecule has 0 amide bonds. The Morgan fingerprint density at radius 2 is 0.902 bits per heavy atom. The summed E-state index contributed by atoms with van der Waals surface area (Å²) in [5, 5.41) is 3.27. The van der Waals surface area contributed by atoms with Crippen LogP contribution in [0, 0.1) is 0 Å². The first kappa shape index (κ1) is 28.8. The van der Waals surface area contributed by atoms with Gasteiger partial charge in [0.05, 0.1) is 21.9 Å². The average Bonchev–Trinajstić information content (AvgIpc) is 3.45. The maximum Gasteiger partial charge on any atom is 0.243 e. The number of nitrogens with one attached hydrogen (secondary N) is 1. The van der Waals surface area contributed by atoms with E-state index >= 15 is 0 Å². The minimum absolute atomic E-state index is 0.0670. The second-order valence-electron chi connectivity index (χ2n) is 10.0. The Bertz CT molecular complexity index is 1540. The summed E-state index contributed by atoms with van der Waals surface area (Å²) in [6.07, 6.45) is 0. The number of nitrogens with zero attached hydrogens (tertiary/aromatic N) is 2. The smallest absolute Gasteiger partial charge is 0.243 e. The second-order valence-corrected chi connectivity index (χ2v) is 13.8. The number of sulfonamides is 2. The lowest BCUT2D eigenvalue weighted by Gasteiger charge is -2.37. The van der Waals surface area contributed by atoms with Crippen molar-refractivity contribution in [2.75, 3.05) is 24.6 Å². The van der Waals surface area contributed by atoms with Crippen LogP contribution in [-0.2, 0) is 33.1 Å². The van der Waals surface area contributed by atoms with E-state index in [1.807, 2.05) is 60.7 Å². The number of nitrogen functional groups attached to an aromatic ring is 2. The number of nitrogens with two attached hydrogens (primary N) is 2. The van der Waals surface area contributed by atoms with Gasteiger partial charge in [0.1, 0.15) is 0 Å². The Labute approximate surface area is 241 Å². The molecule has 0 spiro atoms. The lowest BCUT2D eigenvalue weighted by atomic mass is 10.1. The molecule has 1 saturated heterocycles. The van der Waals surface area contributed by atoms with Crippen LogP contribution in [0.5, 0.6) is 0 Å². The molecule has 5 N–H and O–H groups in total. The van der Waals surface area contributed by atoms with Crippen LogP contribution in [0.1, 0.15) is 11.1 Å².